The number of nitrogens with one attached hydrogen (secondary N) is 1. The van der Waals surface area contributed by atoms with E-state index in [9.17, 15) is 0 Å². The predicted molar refractivity (Wildman–Crippen MR) is 245 cm³/mol. The number of benzene rings is 7. The third-order valence-corrected chi connectivity index (χ3v) is 14.0. The van der Waals surface area contributed by atoms with Crippen molar-refractivity contribution in [3.8, 4) is 16.8 Å². The van der Waals surface area contributed by atoms with Gasteiger partial charge in [-0.25, -0.2) is 9.98 Å². The zero-order valence-electron chi connectivity index (χ0n) is 30.8. The van der Waals surface area contributed by atoms with Crippen LogP contribution in [-0.2, 0) is 0 Å². The number of para-hydroxylation sites is 2. The van der Waals surface area contributed by atoms with Gasteiger partial charge in [0.25, 0.3) is 0 Å². The molecule has 4 heterocycles. The summed E-state index contributed by atoms with van der Waals surface area (Å²) in [5.74, 6) is 1.92. The van der Waals surface area contributed by atoms with E-state index in [0.29, 0.717) is 0 Å². The van der Waals surface area contributed by atoms with Crippen LogP contribution in [0.4, 0.5) is 0 Å². The summed E-state index contributed by atoms with van der Waals surface area (Å²) in [6.45, 7) is 0. The molecule has 1 aliphatic heterocycles. The Morgan fingerprint density at radius 1 is 0.579 bits per heavy atom. The van der Waals surface area contributed by atoms with Gasteiger partial charge in [0.2, 0.25) is 0 Å². The number of aliphatic imine (C=N–C) groups is 2. The number of nitrogens with zero attached hydrogens (tertiary/aromatic N) is 3. The number of aromatic nitrogens is 1. The van der Waals surface area contributed by atoms with Crippen LogP contribution >= 0.6 is 22.7 Å². The highest BCUT2D eigenvalue weighted by atomic mass is 32.1. The second kappa shape index (κ2) is 13.0. The zero-order valence-corrected chi connectivity index (χ0v) is 32.4. The lowest BCUT2D eigenvalue weighted by molar-refractivity contribution is 0.643. The first kappa shape index (κ1) is 32.6. The molecule has 0 spiro atoms. The lowest BCUT2D eigenvalue weighted by Crippen LogP contribution is -2.37. The molecular formula is C51H34N4S2. The Morgan fingerprint density at radius 2 is 1.26 bits per heavy atom. The summed E-state index contributed by atoms with van der Waals surface area (Å²) in [6.07, 6.45) is 9.35. The average Bonchev–Trinajstić information content (AvgIpc) is 3.96. The molecule has 0 saturated heterocycles. The molecule has 12 rings (SSSR count). The van der Waals surface area contributed by atoms with Gasteiger partial charge < -0.3 is 9.88 Å². The lowest BCUT2D eigenvalue weighted by Gasteiger charge is -2.27. The Kier molecular flexibility index (Phi) is 7.43. The molecule has 3 aromatic heterocycles. The first-order chi connectivity index (χ1) is 28.3. The Labute approximate surface area is 337 Å². The van der Waals surface area contributed by atoms with Crippen molar-refractivity contribution < 1.29 is 0 Å². The maximum absolute atomic E-state index is 5.20. The zero-order chi connectivity index (χ0) is 37.5. The van der Waals surface area contributed by atoms with Gasteiger partial charge in [0, 0.05) is 73.7 Å². The fourth-order valence-electron chi connectivity index (χ4n) is 8.94. The van der Waals surface area contributed by atoms with E-state index in [-0.39, 0.29) is 12.1 Å². The van der Waals surface area contributed by atoms with Crippen molar-refractivity contribution in [2.24, 2.45) is 15.9 Å². The van der Waals surface area contributed by atoms with Crippen LogP contribution < -0.4 is 5.32 Å². The topological polar surface area (TPSA) is 41.7 Å². The van der Waals surface area contributed by atoms with Gasteiger partial charge >= 0.3 is 0 Å². The second-order valence-corrected chi connectivity index (χ2v) is 17.0. The molecular weight excluding hydrogens is 733 g/mol. The summed E-state index contributed by atoms with van der Waals surface area (Å²) >= 11 is 3.78. The first-order valence-electron chi connectivity index (χ1n) is 19.5. The second-order valence-electron chi connectivity index (χ2n) is 14.9. The molecule has 1 N–H and O–H groups in total. The largest absolute Gasteiger partial charge is 0.348 e. The van der Waals surface area contributed by atoms with E-state index in [0.717, 1.165) is 29.2 Å². The molecule has 1 aliphatic carbocycles. The van der Waals surface area contributed by atoms with Gasteiger partial charge in [0.05, 0.1) is 16.7 Å². The molecule has 6 heteroatoms. The molecule has 270 valence electrons. The van der Waals surface area contributed by atoms with Crippen LogP contribution in [0.5, 0.6) is 0 Å². The lowest BCUT2D eigenvalue weighted by atomic mass is 9.97. The Balaban J connectivity index is 0.995. The predicted octanol–water partition coefficient (Wildman–Crippen LogP) is 13.8. The number of allylic oxidation sites excluding steroid dienone is 3. The number of hydrogen-bond donors (Lipinski definition) is 1. The normalized spacial score (nSPS) is 16.9. The van der Waals surface area contributed by atoms with E-state index >= 15 is 0 Å². The standard InChI is InChI=1S/C51H34N4S2/c1-3-14-31(15-4-1)49-52-50(32-16-5-2-6-17-32)54-51(53-49)33-28-29-44-40(30-33)38-22-11-20-36(47(38)56-44)37-21-12-23-39-46-43(26-13-27-45(46)57-48(37)39)55-41-24-9-7-18-34(41)35-19-8-10-25-42(35)55/h1-16,18-30,32,51H,17H2,(H,52,53,54). The quantitative estimate of drug-likeness (QED) is 0.186. The van der Waals surface area contributed by atoms with Gasteiger partial charge in [-0.05, 0) is 48.4 Å². The molecule has 0 bridgehead atoms. The van der Waals surface area contributed by atoms with E-state index in [1.165, 1.54) is 79.0 Å². The van der Waals surface area contributed by atoms with Gasteiger partial charge in [-0.2, -0.15) is 0 Å². The van der Waals surface area contributed by atoms with Gasteiger partial charge in [-0.15, -0.1) is 22.7 Å². The SMILES string of the molecule is C1=CCC(C2=NC(c3ccccc3)=NC(c3ccc4sc5c(-c6cccc7c6sc6cccc(-n8c9ccccc9c9ccccc98)c67)cccc5c4c3)N2)C=C1. The minimum absolute atomic E-state index is 0.189. The van der Waals surface area contributed by atoms with Crippen LogP contribution in [-0.4, -0.2) is 16.2 Å². The van der Waals surface area contributed by atoms with E-state index in [4.69, 9.17) is 9.98 Å². The van der Waals surface area contributed by atoms with E-state index in [2.05, 4.69) is 180 Å². The summed E-state index contributed by atoms with van der Waals surface area (Å²) in [6, 6.07) is 55.2. The van der Waals surface area contributed by atoms with Crippen LogP contribution in [0.2, 0.25) is 0 Å². The van der Waals surface area contributed by atoms with Crippen molar-refractivity contribution in [2.45, 2.75) is 12.6 Å². The summed E-state index contributed by atoms with van der Waals surface area (Å²) in [4.78, 5) is 10.3. The van der Waals surface area contributed by atoms with E-state index < -0.39 is 0 Å². The van der Waals surface area contributed by atoms with Crippen molar-refractivity contribution in [1.82, 2.24) is 9.88 Å². The fourth-order valence-corrected chi connectivity index (χ4v) is 11.4. The van der Waals surface area contributed by atoms with Crippen LogP contribution in [0.1, 0.15) is 23.7 Å². The highest BCUT2D eigenvalue weighted by Gasteiger charge is 2.25. The molecule has 2 aliphatic rings. The van der Waals surface area contributed by atoms with Crippen molar-refractivity contribution in [3.05, 3.63) is 187 Å². The Hall–Kier alpha value is -6.60. The number of thiophene rings is 2. The fraction of sp³-hybridized carbons (Fsp3) is 0.0588. The van der Waals surface area contributed by atoms with E-state index in [1.54, 1.807) is 0 Å². The molecule has 10 aromatic rings. The average molecular weight is 767 g/mol. The number of rotatable bonds is 5. The smallest absolute Gasteiger partial charge is 0.159 e. The van der Waals surface area contributed by atoms with Crippen molar-refractivity contribution >= 4 is 96.5 Å². The molecule has 0 amide bonds. The minimum atomic E-state index is -0.245. The monoisotopic (exact) mass is 766 g/mol. The molecule has 57 heavy (non-hydrogen) atoms. The molecule has 0 radical (unpaired) electrons. The van der Waals surface area contributed by atoms with Gasteiger partial charge in [0.15, 0.2) is 5.84 Å². The van der Waals surface area contributed by atoms with Crippen LogP contribution in [0.3, 0.4) is 0 Å². The van der Waals surface area contributed by atoms with E-state index in [1.807, 2.05) is 28.7 Å². The van der Waals surface area contributed by atoms with Crippen molar-refractivity contribution in [2.75, 3.05) is 0 Å². The summed E-state index contributed by atoms with van der Waals surface area (Å²) in [5.41, 5.74) is 8.40. The summed E-state index contributed by atoms with van der Waals surface area (Å²) < 4.78 is 7.66. The third kappa shape index (κ3) is 5.18. The number of hydrogen-bond acceptors (Lipinski definition) is 5. The van der Waals surface area contributed by atoms with Gasteiger partial charge in [-0.1, -0.05) is 140 Å². The highest BCUT2D eigenvalue weighted by Crippen LogP contribution is 2.47. The van der Waals surface area contributed by atoms with Crippen LogP contribution in [0.25, 0.3) is 79.0 Å². The first-order valence-corrected chi connectivity index (χ1v) is 21.1. The van der Waals surface area contributed by atoms with Crippen molar-refractivity contribution in [3.63, 3.8) is 0 Å². The van der Waals surface area contributed by atoms with Gasteiger partial charge in [0.1, 0.15) is 12.0 Å². The van der Waals surface area contributed by atoms with Crippen molar-refractivity contribution in [1.29, 1.82) is 0 Å². The van der Waals surface area contributed by atoms with Gasteiger partial charge in [-0.3, -0.25) is 0 Å². The maximum Gasteiger partial charge on any atom is 0.159 e. The molecule has 7 aromatic carbocycles. The molecule has 0 fully saturated rings. The molecule has 2 unspecified atom stereocenters. The highest BCUT2D eigenvalue weighted by molar-refractivity contribution is 7.27. The third-order valence-electron chi connectivity index (χ3n) is 11.6. The number of amidine groups is 2. The number of fused-ring (bicyclic) bond motifs is 9. The minimum Gasteiger partial charge on any atom is -0.348 e. The molecule has 2 atom stereocenters. The summed E-state index contributed by atoms with van der Waals surface area (Å²) in [5, 5.41) is 11.4. The Bertz CT molecular complexity index is 3320. The molecule has 4 nitrogen and oxygen atoms in total. The molecule has 0 saturated carbocycles. The van der Waals surface area contributed by atoms with Crippen LogP contribution in [0, 0.1) is 5.92 Å². The maximum atomic E-state index is 5.20. The van der Waals surface area contributed by atoms with Crippen LogP contribution in [0.15, 0.2) is 186 Å². The summed E-state index contributed by atoms with van der Waals surface area (Å²) in [7, 11) is 0. The Morgan fingerprint density at radius 3 is 2.04 bits per heavy atom.